The summed E-state index contributed by atoms with van der Waals surface area (Å²) in [6, 6.07) is -0.623. The zero-order valence-electron chi connectivity index (χ0n) is 8.19. The molecule has 0 saturated heterocycles. The van der Waals surface area contributed by atoms with Gasteiger partial charge in [-0.15, -0.1) is 0 Å². The summed E-state index contributed by atoms with van der Waals surface area (Å²) in [6.45, 7) is 1.43. The third-order valence-corrected chi connectivity index (χ3v) is 2.70. The Kier molecular flexibility index (Phi) is 3.42. The predicted octanol–water partition coefficient (Wildman–Crippen LogP) is 1.83. The van der Waals surface area contributed by atoms with Crippen molar-refractivity contribution in [2.45, 2.75) is 50.4 Å². The summed E-state index contributed by atoms with van der Waals surface area (Å²) in [7, 11) is 0. The summed E-state index contributed by atoms with van der Waals surface area (Å²) in [5.74, 6) is 0. The molecule has 2 N–H and O–H groups in total. The van der Waals surface area contributed by atoms with E-state index in [1.165, 1.54) is 6.92 Å². The molecule has 1 saturated carbocycles. The quantitative estimate of drug-likeness (QED) is 0.743. The van der Waals surface area contributed by atoms with E-state index in [1.54, 1.807) is 0 Å². The van der Waals surface area contributed by atoms with E-state index in [4.69, 9.17) is 5.11 Å². The van der Waals surface area contributed by atoms with E-state index >= 15 is 0 Å². The Morgan fingerprint density at radius 1 is 1.43 bits per heavy atom. The highest BCUT2D eigenvalue weighted by molar-refractivity contribution is 4.97. The minimum absolute atomic E-state index is 0.0742. The summed E-state index contributed by atoms with van der Waals surface area (Å²) in [6.07, 6.45) is -2.45. The maximum Gasteiger partial charge on any atom is 0.390 e. The van der Waals surface area contributed by atoms with E-state index < -0.39 is 24.2 Å². The number of halogens is 3. The van der Waals surface area contributed by atoms with Crippen molar-refractivity contribution in [2.75, 3.05) is 6.61 Å². The first-order chi connectivity index (χ1) is 6.37. The molecular formula is C9H16F3NO. The topological polar surface area (TPSA) is 32.3 Å². The summed E-state index contributed by atoms with van der Waals surface area (Å²) >= 11 is 0. The Labute approximate surface area is 81.5 Å². The maximum atomic E-state index is 12.0. The average molecular weight is 211 g/mol. The van der Waals surface area contributed by atoms with Gasteiger partial charge in [-0.2, -0.15) is 13.2 Å². The summed E-state index contributed by atoms with van der Waals surface area (Å²) in [5, 5.41) is 11.9. The van der Waals surface area contributed by atoms with Crippen LogP contribution in [0.2, 0.25) is 0 Å². The molecule has 1 rings (SSSR count). The summed E-state index contributed by atoms with van der Waals surface area (Å²) in [5.41, 5.74) is -0.440. The molecule has 0 aliphatic heterocycles. The fourth-order valence-corrected chi connectivity index (χ4v) is 1.87. The van der Waals surface area contributed by atoms with Gasteiger partial charge in [0.1, 0.15) is 0 Å². The van der Waals surface area contributed by atoms with Crippen molar-refractivity contribution in [3.05, 3.63) is 0 Å². The number of rotatable bonds is 4. The highest BCUT2D eigenvalue weighted by atomic mass is 19.4. The van der Waals surface area contributed by atoms with Crippen molar-refractivity contribution in [1.82, 2.24) is 5.32 Å². The number of hydrogen-bond donors (Lipinski definition) is 2. The minimum atomic E-state index is -4.13. The zero-order valence-corrected chi connectivity index (χ0v) is 8.19. The van der Waals surface area contributed by atoms with Gasteiger partial charge in [-0.05, 0) is 26.2 Å². The van der Waals surface area contributed by atoms with Crippen LogP contribution in [0.25, 0.3) is 0 Å². The third-order valence-electron chi connectivity index (χ3n) is 2.70. The Morgan fingerprint density at radius 2 is 2.00 bits per heavy atom. The van der Waals surface area contributed by atoms with Crippen LogP contribution in [0.4, 0.5) is 13.2 Å². The first-order valence-corrected chi connectivity index (χ1v) is 4.82. The molecule has 84 valence electrons. The highest BCUT2D eigenvalue weighted by Gasteiger charge is 2.39. The van der Waals surface area contributed by atoms with E-state index in [2.05, 4.69) is 5.32 Å². The molecule has 1 aliphatic carbocycles. The van der Waals surface area contributed by atoms with Crippen molar-refractivity contribution in [3.63, 3.8) is 0 Å². The van der Waals surface area contributed by atoms with Crippen LogP contribution >= 0.6 is 0 Å². The molecule has 1 fully saturated rings. The molecule has 0 aromatic carbocycles. The van der Waals surface area contributed by atoms with Crippen LogP contribution in [0.1, 0.15) is 32.6 Å². The molecule has 1 aliphatic rings. The SMILES string of the molecule is CC(CC(F)(F)F)NC1(CO)CCC1. The van der Waals surface area contributed by atoms with Gasteiger partial charge in [-0.25, -0.2) is 0 Å². The van der Waals surface area contributed by atoms with Crippen LogP contribution < -0.4 is 5.32 Å². The van der Waals surface area contributed by atoms with E-state index in [0.717, 1.165) is 19.3 Å². The normalized spacial score (nSPS) is 22.9. The number of aliphatic hydroxyl groups excluding tert-OH is 1. The molecule has 1 unspecified atom stereocenters. The van der Waals surface area contributed by atoms with E-state index in [0.29, 0.717) is 0 Å². The molecule has 1 atom stereocenters. The first kappa shape index (κ1) is 11.8. The minimum Gasteiger partial charge on any atom is -0.394 e. The van der Waals surface area contributed by atoms with Crippen LogP contribution in [0.3, 0.4) is 0 Å². The Hall–Kier alpha value is -0.290. The zero-order chi connectivity index (χ0) is 10.8. The molecule has 0 spiro atoms. The molecule has 2 nitrogen and oxygen atoms in total. The third kappa shape index (κ3) is 3.13. The van der Waals surface area contributed by atoms with Gasteiger partial charge in [0.25, 0.3) is 0 Å². The van der Waals surface area contributed by atoms with Crippen molar-refractivity contribution < 1.29 is 18.3 Å². The predicted molar refractivity (Wildman–Crippen MR) is 46.9 cm³/mol. The van der Waals surface area contributed by atoms with Gasteiger partial charge in [-0.1, -0.05) is 0 Å². The van der Waals surface area contributed by atoms with Gasteiger partial charge in [0.2, 0.25) is 0 Å². The molecule has 0 amide bonds. The number of aliphatic hydroxyl groups is 1. The van der Waals surface area contributed by atoms with Crippen LogP contribution in [0, 0.1) is 0 Å². The molecule has 0 heterocycles. The molecule has 0 bridgehead atoms. The molecule has 5 heteroatoms. The van der Waals surface area contributed by atoms with E-state index in [1.807, 2.05) is 0 Å². The van der Waals surface area contributed by atoms with Crippen LogP contribution in [0.15, 0.2) is 0 Å². The molecule has 0 radical (unpaired) electrons. The molecular weight excluding hydrogens is 195 g/mol. The van der Waals surface area contributed by atoms with Gasteiger partial charge >= 0.3 is 6.18 Å². The Balaban J connectivity index is 2.36. The van der Waals surface area contributed by atoms with E-state index in [9.17, 15) is 13.2 Å². The highest BCUT2D eigenvalue weighted by Crippen LogP contribution is 2.33. The average Bonchev–Trinajstić information content (AvgIpc) is 1.93. The number of hydrogen-bond acceptors (Lipinski definition) is 2. The van der Waals surface area contributed by atoms with Crippen molar-refractivity contribution in [2.24, 2.45) is 0 Å². The second kappa shape index (κ2) is 4.06. The number of nitrogens with one attached hydrogen (secondary N) is 1. The van der Waals surface area contributed by atoms with Gasteiger partial charge < -0.3 is 10.4 Å². The number of alkyl halides is 3. The van der Waals surface area contributed by atoms with Crippen LogP contribution in [0.5, 0.6) is 0 Å². The lowest BCUT2D eigenvalue weighted by Gasteiger charge is -2.43. The second-order valence-corrected chi connectivity index (χ2v) is 4.16. The smallest absolute Gasteiger partial charge is 0.390 e. The molecule has 0 aromatic rings. The largest absolute Gasteiger partial charge is 0.394 e. The molecule has 0 aromatic heterocycles. The van der Waals surface area contributed by atoms with Crippen molar-refractivity contribution in [1.29, 1.82) is 0 Å². The lowest BCUT2D eigenvalue weighted by atomic mass is 9.77. The lowest BCUT2D eigenvalue weighted by molar-refractivity contribution is -0.141. The lowest BCUT2D eigenvalue weighted by Crippen LogP contribution is -2.57. The van der Waals surface area contributed by atoms with Gasteiger partial charge in [0.15, 0.2) is 0 Å². The van der Waals surface area contributed by atoms with Crippen molar-refractivity contribution in [3.8, 4) is 0 Å². The van der Waals surface area contributed by atoms with Crippen LogP contribution in [-0.2, 0) is 0 Å². The van der Waals surface area contributed by atoms with Gasteiger partial charge in [0, 0.05) is 11.6 Å². The fraction of sp³-hybridized carbons (Fsp3) is 1.00. The fourth-order valence-electron chi connectivity index (χ4n) is 1.87. The Morgan fingerprint density at radius 3 is 2.29 bits per heavy atom. The van der Waals surface area contributed by atoms with Gasteiger partial charge in [-0.3, -0.25) is 0 Å². The summed E-state index contributed by atoms with van der Waals surface area (Å²) in [4.78, 5) is 0. The standard InChI is InChI=1S/C9H16F3NO/c1-7(5-9(10,11)12)13-8(6-14)3-2-4-8/h7,13-14H,2-6H2,1H3. The second-order valence-electron chi connectivity index (χ2n) is 4.16. The first-order valence-electron chi connectivity index (χ1n) is 4.82. The molecule has 14 heavy (non-hydrogen) atoms. The van der Waals surface area contributed by atoms with Crippen molar-refractivity contribution >= 4 is 0 Å². The van der Waals surface area contributed by atoms with E-state index in [-0.39, 0.29) is 6.61 Å². The maximum absolute atomic E-state index is 12.0. The van der Waals surface area contributed by atoms with Gasteiger partial charge in [0.05, 0.1) is 13.0 Å². The summed E-state index contributed by atoms with van der Waals surface area (Å²) < 4.78 is 36.0. The Bertz CT molecular complexity index is 183. The van der Waals surface area contributed by atoms with Crippen LogP contribution in [-0.4, -0.2) is 29.5 Å². The monoisotopic (exact) mass is 211 g/mol.